The van der Waals surface area contributed by atoms with Gasteiger partial charge in [0, 0.05) is 26.3 Å². The third kappa shape index (κ3) is 4.94. The summed E-state index contributed by atoms with van der Waals surface area (Å²) in [4.78, 5) is 13.0. The number of carboxylic acid groups (broad SMARTS) is 1. The van der Waals surface area contributed by atoms with Gasteiger partial charge in [-0.3, -0.25) is 4.79 Å². The molecule has 0 bridgehead atoms. The molecule has 20 heavy (non-hydrogen) atoms. The molecule has 1 aliphatic rings. The van der Waals surface area contributed by atoms with Crippen molar-refractivity contribution in [2.45, 2.75) is 25.8 Å². The van der Waals surface area contributed by atoms with Crippen LogP contribution in [0.2, 0.25) is 0 Å². The fourth-order valence-corrected chi connectivity index (χ4v) is 2.68. The molecule has 0 saturated carbocycles. The molecular formula is C16H23NO3. The second-order valence-electron chi connectivity index (χ2n) is 5.64. The van der Waals surface area contributed by atoms with Crippen LogP contribution in [0.4, 0.5) is 0 Å². The third-order valence-electron chi connectivity index (χ3n) is 3.74. The third-order valence-corrected chi connectivity index (χ3v) is 3.74. The molecule has 0 amide bonds. The Balaban J connectivity index is 1.81. The van der Waals surface area contributed by atoms with Crippen molar-refractivity contribution >= 4 is 5.97 Å². The fourth-order valence-electron chi connectivity index (χ4n) is 2.68. The summed E-state index contributed by atoms with van der Waals surface area (Å²) in [5.41, 5.74) is 2.09. The average Bonchev–Trinajstić information content (AvgIpc) is 2.41. The molecule has 1 aromatic rings. The van der Waals surface area contributed by atoms with Gasteiger partial charge in [-0.2, -0.15) is 0 Å². The van der Waals surface area contributed by atoms with Crippen molar-refractivity contribution in [1.82, 2.24) is 4.90 Å². The maximum atomic E-state index is 10.6. The maximum absolute atomic E-state index is 10.6. The van der Waals surface area contributed by atoms with Gasteiger partial charge in [0.25, 0.3) is 0 Å². The van der Waals surface area contributed by atoms with E-state index in [1.54, 1.807) is 0 Å². The standard InChI is InChI=1S/C16H23NO3/c1-17(12-15-6-8-20-9-7-15)11-14-4-2-13(3-5-14)10-16(18)19/h2-5,15H,6-12H2,1H3,(H,18,19). The predicted octanol–water partition coefficient (Wildman–Crippen LogP) is 2.17. The minimum atomic E-state index is -0.783. The Hall–Kier alpha value is -1.39. The molecule has 1 saturated heterocycles. The van der Waals surface area contributed by atoms with Crippen LogP contribution in [0.25, 0.3) is 0 Å². The molecule has 0 radical (unpaired) electrons. The topological polar surface area (TPSA) is 49.8 Å². The molecule has 0 atom stereocenters. The molecule has 1 heterocycles. The number of nitrogens with zero attached hydrogens (tertiary/aromatic N) is 1. The van der Waals surface area contributed by atoms with E-state index in [0.29, 0.717) is 0 Å². The molecule has 110 valence electrons. The van der Waals surface area contributed by atoms with Crippen molar-refractivity contribution in [3.05, 3.63) is 35.4 Å². The zero-order valence-electron chi connectivity index (χ0n) is 12.0. The lowest BCUT2D eigenvalue weighted by molar-refractivity contribution is -0.136. The highest BCUT2D eigenvalue weighted by molar-refractivity contribution is 5.70. The minimum Gasteiger partial charge on any atom is -0.481 e. The van der Waals surface area contributed by atoms with E-state index in [-0.39, 0.29) is 6.42 Å². The number of carboxylic acids is 1. The van der Waals surface area contributed by atoms with Crippen LogP contribution in [0.5, 0.6) is 0 Å². The van der Waals surface area contributed by atoms with Crippen LogP contribution < -0.4 is 0 Å². The van der Waals surface area contributed by atoms with Crippen LogP contribution in [0.15, 0.2) is 24.3 Å². The molecule has 1 aliphatic heterocycles. The monoisotopic (exact) mass is 277 g/mol. The van der Waals surface area contributed by atoms with Crippen molar-refractivity contribution in [3.63, 3.8) is 0 Å². The zero-order valence-corrected chi connectivity index (χ0v) is 12.0. The Morgan fingerprint density at radius 3 is 2.45 bits per heavy atom. The smallest absolute Gasteiger partial charge is 0.307 e. The van der Waals surface area contributed by atoms with Crippen LogP contribution in [0, 0.1) is 5.92 Å². The van der Waals surface area contributed by atoms with Gasteiger partial charge in [-0.25, -0.2) is 0 Å². The van der Waals surface area contributed by atoms with E-state index in [4.69, 9.17) is 9.84 Å². The Kier molecular flexibility index (Phi) is 5.56. The Bertz CT molecular complexity index is 424. The lowest BCUT2D eigenvalue weighted by atomic mass is 9.99. The molecular weight excluding hydrogens is 254 g/mol. The summed E-state index contributed by atoms with van der Waals surface area (Å²) in [6.07, 6.45) is 2.40. The van der Waals surface area contributed by atoms with E-state index < -0.39 is 5.97 Å². The highest BCUT2D eigenvalue weighted by Crippen LogP contribution is 2.16. The van der Waals surface area contributed by atoms with Gasteiger partial charge >= 0.3 is 5.97 Å². The number of hydrogen-bond acceptors (Lipinski definition) is 3. The number of aliphatic carboxylic acids is 1. The molecule has 1 fully saturated rings. The number of hydrogen-bond donors (Lipinski definition) is 1. The summed E-state index contributed by atoms with van der Waals surface area (Å²) in [7, 11) is 2.14. The molecule has 0 spiro atoms. The number of carbonyl (C=O) groups is 1. The van der Waals surface area contributed by atoms with Gasteiger partial charge in [0.15, 0.2) is 0 Å². The molecule has 4 heteroatoms. The maximum Gasteiger partial charge on any atom is 0.307 e. The molecule has 0 unspecified atom stereocenters. The van der Waals surface area contributed by atoms with Gasteiger partial charge in [0.05, 0.1) is 6.42 Å². The van der Waals surface area contributed by atoms with Crippen molar-refractivity contribution in [3.8, 4) is 0 Å². The molecule has 2 rings (SSSR count). The van der Waals surface area contributed by atoms with Crippen molar-refractivity contribution in [2.24, 2.45) is 5.92 Å². The van der Waals surface area contributed by atoms with Gasteiger partial charge < -0.3 is 14.7 Å². The fraction of sp³-hybridized carbons (Fsp3) is 0.562. The van der Waals surface area contributed by atoms with E-state index in [1.165, 1.54) is 5.56 Å². The van der Waals surface area contributed by atoms with Gasteiger partial charge in [0.1, 0.15) is 0 Å². The van der Waals surface area contributed by atoms with Gasteiger partial charge in [0.2, 0.25) is 0 Å². The van der Waals surface area contributed by atoms with E-state index >= 15 is 0 Å². The minimum absolute atomic E-state index is 0.0954. The number of benzene rings is 1. The second kappa shape index (κ2) is 7.41. The Morgan fingerprint density at radius 1 is 1.25 bits per heavy atom. The molecule has 1 aromatic carbocycles. The first-order valence-corrected chi connectivity index (χ1v) is 7.19. The van der Waals surface area contributed by atoms with E-state index in [2.05, 4.69) is 11.9 Å². The zero-order chi connectivity index (χ0) is 14.4. The van der Waals surface area contributed by atoms with Crippen molar-refractivity contribution in [1.29, 1.82) is 0 Å². The number of rotatable bonds is 6. The van der Waals surface area contributed by atoms with E-state index in [0.717, 1.165) is 50.6 Å². The summed E-state index contributed by atoms with van der Waals surface area (Å²) in [5, 5.41) is 8.75. The first-order valence-electron chi connectivity index (χ1n) is 7.19. The van der Waals surface area contributed by atoms with Crippen LogP contribution >= 0.6 is 0 Å². The summed E-state index contributed by atoms with van der Waals surface area (Å²) in [5.74, 6) is -0.0468. The van der Waals surface area contributed by atoms with Crippen LogP contribution in [-0.4, -0.2) is 42.8 Å². The summed E-state index contributed by atoms with van der Waals surface area (Å²) in [6, 6.07) is 7.87. The summed E-state index contributed by atoms with van der Waals surface area (Å²) in [6.45, 7) is 3.79. The number of ether oxygens (including phenoxy) is 1. The van der Waals surface area contributed by atoms with E-state index in [1.807, 2.05) is 24.3 Å². The SMILES string of the molecule is CN(Cc1ccc(CC(=O)O)cc1)CC1CCOCC1. The van der Waals surface area contributed by atoms with Crippen molar-refractivity contribution in [2.75, 3.05) is 26.8 Å². The van der Waals surface area contributed by atoms with Gasteiger partial charge in [-0.15, -0.1) is 0 Å². The normalized spacial score (nSPS) is 16.5. The highest BCUT2D eigenvalue weighted by Gasteiger charge is 2.15. The largest absolute Gasteiger partial charge is 0.481 e. The van der Waals surface area contributed by atoms with Crippen molar-refractivity contribution < 1.29 is 14.6 Å². The molecule has 4 nitrogen and oxygen atoms in total. The second-order valence-corrected chi connectivity index (χ2v) is 5.64. The summed E-state index contributed by atoms with van der Waals surface area (Å²) < 4.78 is 5.38. The lowest BCUT2D eigenvalue weighted by Gasteiger charge is -2.27. The van der Waals surface area contributed by atoms with Gasteiger partial charge in [-0.1, -0.05) is 24.3 Å². The van der Waals surface area contributed by atoms with Crippen LogP contribution in [-0.2, 0) is 22.5 Å². The lowest BCUT2D eigenvalue weighted by Crippen LogP contribution is -2.29. The van der Waals surface area contributed by atoms with Gasteiger partial charge in [-0.05, 0) is 36.9 Å². The Labute approximate surface area is 120 Å². The first-order chi connectivity index (χ1) is 9.63. The van der Waals surface area contributed by atoms with Crippen LogP contribution in [0.1, 0.15) is 24.0 Å². The average molecular weight is 277 g/mol. The molecule has 1 N–H and O–H groups in total. The summed E-state index contributed by atoms with van der Waals surface area (Å²) >= 11 is 0. The Morgan fingerprint density at radius 2 is 1.85 bits per heavy atom. The first kappa shape index (κ1) is 15.0. The highest BCUT2D eigenvalue weighted by atomic mass is 16.5. The van der Waals surface area contributed by atoms with Crippen LogP contribution in [0.3, 0.4) is 0 Å². The molecule has 0 aliphatic carbocycles. The molecule has 0 aromatic heterocycles. The predicted molar refractivity (Wildman–Crippen MR) is 77.7 cm³/mol. The van der Waals surface area contributed by atoms with E-state index in [9.17, 15) is 4.79 Å². The quantitative estimate of drug-likeness (QED) is 0.866.